The standard InChI is InChI=1S/C30H28N2O2S/c1-22-12-16-26(17-13-22)32-29-11-6-4-5-10-28(29)31(21-30(32)25-9-7-8-24(3)20-25)35(33,34)27-18-14-23(2)15-19-27/h4-21,29H,1-3H3. The van der Waals surface area contributed by atoms with Gasteiger partial charge >= 0.3 is 0 Å². The predicted octanol–water partition coefficient (Wildman–Crippen LogP) is 6.50. The van der Waals surface area contributed by atoms with Crippen LogP contribution >= 0.6 is 0 Å². The van der Waals surface area contributed by atoms with E-state index in [1.54, 1.807) is 18.3 Å². The first-order valence-electron chi connectivity index (χ1n) is 11.7. The molecule has 2 aliphatic rings. The number of aryl methyl sites for hydroxylation is 3. The number of benzene rings is 3. The highest BCUT2D eigenvalue weighted by molar-refractivity contribution is 7.89. The van der Waals surface area contributed by atoms with Crippen LogP contribution in [0.15, 0.2) is 120 Å². The number of anilines is 1. The van der Waals surface area contributed by atoms with Crippen molar-refractivity contribution in [1.29, 1.82) is 0 Å². The topological polar surface area (TPSA) is 40.6 Å². The van der Waals surface area contributed by atoms with Gasteiger partial charge in [-0.15, -0.1) is 0 Å². The van der Waals surface area contributed by atoms with Gasteiger partial charge in [0.2, 0.25) is 0 Å². The lowest BCUT2D eigenvalue weighted by Crippen LogP contribution is -2.45. The van der Waals surface area contributed by atoms with E-state index < -0.39 is 10.0 Å². The predicted molar refractivity (Wildman–Crippen MR) is 143 cm³/mol. The number of hydrogen-bond acceptors (Lipinski definition) is 3. The molecule has 0 bridgehead atoms. The maximum atomic E-state index is 14.0. The lowest BCUT2D eigenvalue weighted by Gasteiger charge is -2.43. The van der Waals surface area contributed by atoms with Crippen LogP contribution in [-0.4, -0.2) is 18.8 Å². The number of hydrogen-bond donors (Lipinski definition) is 0. The molecule has 0 fully saturated rings. The first-order valence-corrected chi connectivity index (χ1v) is 13.1. The molecule has 35 heavy (non-hydrogen) atoms. The van der Waals surface area contributed by atoms with E-state index in [4.69, 9.17) is 0 Å². The summed E-state index contributed by atoms with van der Waals surface area (Å²) >= 11 is 0. The third-order valence-electron chi connectivity index (χ3n) is 6.32. The Balaban J connectivity index is 1.77. The van der Waals surface area contributed by atoms with E-state index in [-0.39, 0.29) is 10.9 Å². The number of allylic oxidation sites excluding steroid dienone is 4. The quantitative estimate of drug-likeness (QED) is 0.428. The van der Waals surface area contributed by atoms with Gasteiger partial charge in [-0.1, -0.05) is 83.5 Å². The van der Waals surface area contributed by atoms with Crippen molar-refractivity contribution < 1.29 is 8.42 Å². The maximum Gasteiger partial charge on any atom is 0.267 e. The molecule has 1 aliphatic carbocycles. The molecule has 1 atom stereocenters. The van der Waals surface area contributed by atoms with Gasteiger partial charge in [-0.25, -0.2) is 12.7 Å². The Hall–Kier alpha value is -3.83. The van der Waals surface area contributed by atoms with Gasteiger partial charge in [0.05, 0.1) is 22.3 Å². The van der Waals surface area contributed by atoms with Crippen LogP contribution in [0.1, 0.15) is 22.3 Å². The Kier molecular flexibility index (Phi) is 5.95. The second kappa shape index (κ2) is 9.08. The highest BCUT2D eigenvalue weighted by atomic mass is 32.2. The number of sulfonamides is 1. The van der Waals surface area contributed by atoms with E-state index in [1.807, 2.05) is 68.5 Å². The van der Waals surface area contributed by atoms with Crippen molar-refractivity contribution in [2.24, 2.45) is 0 Å². The highest BCUT2D eigenvalue weighted by Crippen LogP contribution is 2.40. The Morgan fingerprint density at radius 1 is 0.743 bits per heavy atom. The Bertz CT molecular complexity index is 1480. The van der Waals surface area contributed by atoms with Crippen LogP contribution in [-0.2, 0) is 10.0 Å². The molecule has 0 amide bonds. The molecular weight excluding hydrogens is 452 g/mol. The van der Waals surface area contributed by atoms with Gasteiger partial charge in [0.15, 0.2) is 0 Å². The minimum atomic E-state index is -3.83. The summed E-state index contributed by atoms with van der Waals surface area (Å²) < 4.78 is 29.4. The summed E-state index contributed by atoms with van der Waals surface area (Å²) in [7, 11) is -3.83. The van der Waals surface area contributed by atoms with Crippen molar-refractivity contribution in [1.82, 2.24) is 4.31 Å². The van der Waals surface area contributed by atoms with Gasteiger partial charge in [-0.2, -0.15) is 0 Å². The monoisotopic (exact) mass is 480 g/mol. The molecule has 0 saturated carbocycles. The van der Waals surface area contributed by atoms with E-state index >= 15 is 0 Å². The summed E-state index contributed by atoms with van der Waals surface area (Å²) in [5.41, 5.74) is 6.75. The van der Waals surface area contributed by atoms with Crippen LogP contribution in [0.25, 0.3) is 5.70 Å². The second-order valence-corrected chi connectivity index (χ2v) is 10.8. The first kappa shape index (κ1) is 22.9. The fourth-order valence-corrected chi connectivity index (χ4v) is 5.85. The molecule has 0 saturated heterocycles. The van der Waals surface area contributed by atoms with Crippen molar-refractivity contribution in [3.05, 3.63) is 137 Å². The van der Waals surface area contributed by atoms with Crippen LogP contribution in [0.5, 0.6) is 0 Å². The lowest BCUT2D eigenvalue weighted by molar-refractivity contribution is 0.522. The molecule has 5 rings (SSSR count). The van der Waals surface area contributed by atoms with Crippen LogP contribution < -0.4 is 4.90 Å². The summed E-state index contributed by atoms with van der Waals surface area (Å²) in [6.07, 6.45) is 11.5. The smallest absolute Gasteiger partial charge is 0.267 e. The van der Waals surface area contributed by atoms with E-state index in [0.29, 0.717) is 5.70 Å². The van der Waals surface area contributed by atoms with Crippen molar-refractivity contribution in [3.63, 3.8) is 0 Å². The number of rotatable bonds is 4. The SMILES string of the molecule is Cc1ccc(N2C(c3cccc(C)c3)=CN(S(=O)(=O)c3ccc(C)cc3)C3=CC=CC=CC32)cc1. The number of fused-ring (bicyclic) bond motifs is 1. The molecule has 0 aromatic heterocycles. The maximum absolute atomic E-state index is 14.0. The minimum absolute atomic E-state index is 0.267. The summed E-state index contributed by atoms with van der Waals surface area (Å²) in [6, 6.07) is 23.2. The molecule has 1 heterocycles. The third-order valence-corrected chi connectivity index (χ3v) is 8.02. The van der Waals surface area contributed by atoms with Gasteiger partial charge in [0.1, 0.15) is 0 Å². The van der Waals surface area contributed by atoms with Crippen molar-refractivity contribution in [2.75, 3.05) is 4.90 Å². The van der Waals surface area contributed by atoms with Crippen LogP contribution in [0, 0.1) is 20.8 Å². The Morgan fingerprint density at radius 2 is 1.43 bits per heavy atom. The largest absolute Gasteiger partial charge is 0.327 e. The Labute approximate surface area is 207 Å². The van der Waals surface area contributed by atoms with Crippen LogP contribution in [0.3, 0.4) is 0 Å². The molecule has 3 aromatic rings. The Morgan fingerprint density at radius 3 is 2.11 bits per heavy atom. The molecule has 1 aliphatic heterocycles. The fourth-order valence-electron chi connectivity index (χ4n) is 4.46. The van der Waals surface area contributed by atoms with Crippen molar-refractivity contribution in [2.45, 2.75) is 31.7 Å². The lowest BCUT2D eigenvalue weighted by atomic mass is 10.0. The summed E-state index contributed by atoms with van der Waals surface area (Å²) in [4.78, 5) is 2.48. The molecule has 1 unspecified atom stereocenters. The highest BCUT2D eigenvalue weighted by Gasteiger charge is 2.38. The normalized spacial score (nSPS) is 17.5. The molecule has 176 valence electrons. The summed E-state index contributed by atoms with van der Waals surface area (Å²) in [6.45, 7) is 6.06. The van der Waals surface area contributed by atoms with Crippen molar-refractivity contribution >= 4 is 21.4 Å². The van der Waals surface area contributed by atoms with Crippen LogP contribution in [0.4, 0.5) is 5.69 Å². The number of nitrogens with zero attached hydrogens (tertiary/aromatic N) is 2. The molecule has 0 N–H and O–H groups in total. The molecule has 0 radical (unpaired) electrons. The summed E-state index contributed by atoms with van der Waals surface area (Å²) in [5, 5.41) is 0. The zero-order valence-electron chi connectivity index (χ0n) is 20.1. The van der Waals surface area contributed by atoms with Gasteiger partial charge in [-0.05, 0) is 62.7 Å². The zero-order valence-corrected chi connectivity index (χ0v) is 20.9. The molecular formula is C30H28N2O2S. The zero-order chi connectivity index (χ0) is 24.6. The van der Waals surface area contributed by atoms with E-state index in [9.17, 15) is 8.42 Å². The third kappa shape index (κ3) is 4.35. The van der Waals surface area contributed by atoms with Gasteiger partial charge in [0.25, 0.3) is 10.0 Å². The fraction of sp³-hybridized carbons (Fsp3) is 0.133. The van der Waals surface area contributed by atoms with Crippen molar-refractivity contribution in [3.8, 4) is 0 Å². The van der Waals surface area contributed by atoms with E-state index in [1.165, 1.54) is 9.87 Å². The average molecular weight is 481 g/mol. The molecule has 4 nitrogen and oxygen atoms in total. The van der Waals surface area contributed by atoms with Gasteiger partial charge in [0, 0.05) is 11.9 Å². The molecule has 0 spiro atoms. The van der Waals surface area contributed by atoms with Gasteiger partial charge < -0.3 is 4.90 Å². The second-order valence-electron chi connectivity index (χ2n) is 9.01. The van der Waals surface area contributed by atoms with E-state index in [2.05, 4.69) is 48.2 Å². The minimum Gasteiger partial charge on any atom is -0.327 e. The summed E-state index contributed by atoms with van der Waals surface area (Å²) in [5.74, 6) is 0. The molecule has 3 aromatic carbocycles. The van der Waals surface area contributed by atoms with Crippen LogP contribution in [0.2, 0.25) is 0 Å². The molecule has 5 heteroatoms. The first-order chi connectivity index (χ1) is 16.8. The average Bonchev–Trinajstić information content (AvgIpc) is 3.10. The van der Waals surface area contributed by atoms with E-state index in [0.717, 1.165) is 28.1 Å². The van der Waals surface area contributed by atoms with Gasteiger partial charge in [-0.3, -0.25) is 0 Å².